The summed E-state index contributed by atoms with van der Waals surface area (Å²) in [7, 11) is 0. The van der Waals surface area contributed by atoms with Gasteiger partial charge in [0.2, 0.25) is 17.7 Å². The predicted octanol–water partition coefficient (Wildman–Crippen LogP) is 5.07. The Kier molecular flexibility index (Phi) is 7.57. The second-order valence-corrected chi connectivity index (χ2v) is 12.8. The van der Waals surface area contributed by atoms with Gasteiger partial charge in [0.1, 0.15) is 11.6 Å². The molecular weight excluding hydrogens is 525 g/mol. The number of hydrogen-bond acceptors (Lipinski definition) is 4. The molecule has 38 heavy (non-hydrogen) atoms. The number of rotatable bonds is 7. The van der Waals surface area contributed by atoms with Crippen molar-refractivity contribution in [1.82, 2.24) is 10.2 Å². The van der Waals surface area contributed by atoms with Gasteiger partial charge in [0.15, 0.2) is 0 Å². The van der Waals surface area contributed by atoms with Gasteiger partial charge in [-0.05, 0) is 48.8 Å². The summed E-state index contributed by atoms with van der Waals surface area (Å²) in [6.45, 7) is 9.03. The van der Waals surface area contributed by atoms with Crippen molar-refractivity contribution >= 4 is 46.6 Å². The molecule has 5 rings (SSSR count). The van der Waals surface area contributed by atoms with Gasteiger partial charge in [0, 0.05) is 28.3 Å². The lowest BCUT2D eigenvalue weighted by Gasteiger charge is -2.38. The van der Waals surface area contributed by atoms with Gasteiger partial charge in [-0.15, -0.1) is 0 Å². The fraction of sp³-hybridized carbons (Fsp3) is 0.621. The molecule has 2 bridgehead atoms. The van der Waals surface area contributed by atoms with E-state index in [-0.39, 0.29) is 23.8 Å². The third kappa shape index (κ3) is 4.75. The molecule has 0 unspecified atom stereocenters. The lowest BCUT2D eigenvalue weighted by molar-refractivity contribution is -0.141. The molecule has 3 aliphatic heterocycles. The maximum absolute atomic E-state index is 14.0. The standard InChI is InChI=1S/C29H37Cl2N3O4/c1-15(2)9-11-34-25(27(36)33-21-7-5-6-16(3)17(21)4)29-10-8-22(38-29)23(24(29)28(34)37)26(35)32-20-13-18(30)12-19(31)14-20/h8,10,12-17,21-25H,5-7,9,11H2,1-4H3,(H,32,35)(H,33,36)/t16-,17+,21-,22+,23-,24+,25+,29+/m1/s1. The Hall–Kier alpha value is -2.09. The van der Waals surface area contributed by atoms with Crippen molar-refractivity contribution in [3.63, 3.8) is 0 Å². The summed E-state index contributed by atoms with van der Waals surface area (Å²) in [6, 6.07) is 4.04. The summed E-state index contributed by atoms with van der Waals surface area (Å²) < 4.78 is 6.43. The van der Waals surface area contributed by atoms with Gasteiger partial charge in [-0.2, -0.15) is 0 Å². The van der Waals surface area contributed by atoms with Crippen LogP contribution in [0.5, 0.6) is 0 Å². The molecule has 1 aromatic rings. The zero-order valence-electron chi connectivity index (χ0n) is 22.4. The molecule has 4 aliphatic rings. The van der Waals surface area contributed by atoms with E-state index in [0.717, 1.165) is 25.7 Å². The van der Waals surface area contributed by atoms with Crippen molar-refractivity contribution in [2.75, 3.05) is 11.9 Å². The van der Waals surface area contributed by atoms with Crippen molar-refractivity contribution in [1.29, 1.82) is 0 Å². The van der Waals surface area contributed by atoms with Crippen LogP contribution in [0.1, 0.15) is 53.4 Å². The van der Waals surface area contributed by atoms with Gasteiger partial charge in [-0.3, -0.25) is 14.4 Å². The van der Waals surface area contributed by atoms with E-state index in [1.165, 1.54) is 0 Å². The van der Waals surface area contributed by atoms with E-state index >= 15 is 0 Å². The monoisotopic (exact) mass is 561 g/mol. The minimum Gasteiger partial charge on any atom is -0.359 e. The van der Waals surface area contributed by atoms with Crippen molar-refractivity contribution in [3.05, 3.63) is 40.4 Å². The number of carbonyl (C=O) groups is 3. The smallest absolute Gasteiger partial charge is 0.246 e. The highest BCUT2D eigenvalue weighted by atomic mass is 35.5. The number of halogens is 2. The minimum atomic E-state index is -1.17. The van der Waals surface area contributed by atoms with E-state index in [9.17, 15) is 14.4 Å². The molecule has 1 spiro atoms. The van der Waals surface area contributed by atoms with E-state index in [1.807, 2.05) is 12.2 Å². The van der Waals surface area contributed by atoms with E-state index in [0.29, 0.717) is 40.0 Å². The second kappa shape index (κ2) is 10.5. The number of ether oxygens (including phenoxy) is 1. The number of nitrogens with one attached hydrogen (secondary N) is 2. The van der Waals surface area contributed by atoms with E-state index in [1.54, 1.807) is 23.1 Å². The van der Waals surface area contributed by atoms with Crippen LogP contribution in [0.15, 0.2) is 30.4 Å². The van der Waals surface area contributed by atoms with Crippen molar-refractivity contribution in [2.24, 2.45) is 29.6 Å². The molecule has 1 aromatic carbocycles. The first-order valence-corrected chi connectivity index (χ1v) is 14.5. The fourth-order valence-corrected chi connectivity index (χ4v) is 7.33. The maximum Gasteiger partial charge on any atom is 0.246 e. The van der Waals surface area contributed by atoms with Crippen LogP contribution < -0.4 is 10.6 Å². The molecule has 1 saturated carbocycles. The highest BCUT2D eigenvalue weighted by Gasteiger charge is 2.72. The number of likely N-dealkylation sites (tertiary alicyclic amines) is 1. The van der Waals surface area contributed by atoms with Crippen molar-refractivity contribution < 1.29 is 19.1 Å². The van der Waals surface area contributed by atoms with Crippen molar-refractivity contribution in [2.45, 2.75) is 77.2 Å². The van der Waals surface area contributed by atoms with Gasteiger partial charge < -0.3 is 20.3 Å². The molecule has 0 aromatic heterocycles. The molecule has 3 amide bonds. The van der Waals surface area contributed by atoms with Crippen LogP contribution in [0, 0.1) is 29.6 Å². The summed E-state index contributed by atoms with van der Waals surface area (Å²) >= 11 is 12.2. The quantitative estimate of drug-likeness (QED) is 0.455. The number of carbonyl (C=O) groups excluding carboxylic acids is 3. The number of benzene rings is 1. The molecule has 1 aliphatic carbocycles. The Bertz CT molecular complexity index is 1140. The van der Waals surface area contributed by atoms with Gasteiger partial charge >= 0.3 is 0 Å². The third-order valence-electron chi connectivity index (χ3n) is 9.04. The first-order chi connectivity index (χ1) is 18.0. The Morgan fingerprint density at radius 2 is 1.84 bits per heavy atom. The maximum atomic E-state index is 14.0. The summed E-state index contributed by atoms with van der Waals surface area (Å²) in [5, 5.41) is 6.95. The van der Waals surface area contributed by atoms with Crippen LogP contribution in [-0.2, 0) is 19.1 Å². The molecule has 9 heteroatoms. The molecule has 3 heterocycles. The van der Waals surface area contributed by atoms with E-state index in [2.05, 4.69) is 38.3 Å². The first-order valence-electron chi connectivity index (χ1n) is 13.8. The molecule has 8 atom stereocenters. The Labute approximate surface area is 234 Å². The second-order valence-electron chi connectivity index (χ2n) is 11.9. The zero-order valence-corrected chi connectivity index (χ0v) is 23.9. The zero-order chi connectivity index (χ0) is 27.4. The average Bonchev–Trinajstić information content (AvgIpc) is 3.47. The largest absolute Gasteiger partial charge is 0.359 e. The normalized spacial score (nSPS) is 35.6. The Morgan fingerprint density at radius 1 is 1.13 bits per heavy atom. The molecule has 7 nitrogen and oxygen atoms in total. The third-order valence-corrected chi connectivity index (χ3v) is 9.47. The molecule has 0 radical (unpaired) electrons. The topological polar surface area (TPSA) is 87.7 Å². The number of hydrogen-bond donors (Lipinski definition) is 2. The minimum absolute atomic E-state index is 0.0537. The van der Waals surface area contributed by atoms with Crippen LogP contribution in [0.3, 0.4) is 0 Å². The summed E-state index contributed by atoms with van der Waals surface area (Å²) in [5.41, 5.74) is -0.717. The van der Waals surface area contributed by atoms with Crippen molar-refractivity contribution in [3.8, 4) is 0 Å². The summed E-state index contributed by atoms with van der Waals surface area (Å²) in [6.07, 6.45) is 6.99. The van der Waals surface area contributed by atoms with Gasteiger partial charge in [0.25, 0.3) is 0 Å². The number of fused-ring (bicyclic) bond motifs is 1. The summed E-state index contributed by atoms with van der Waals surface area (Å²) in [5.74, 6) is -1.07. The van der Waals surface area contributed by atoms with E-state index < -0.39 is 29.6 Å². The first kappa shape index (κ1) is 27.5. The molecular formula is C29H37Cl2N3O4. The lowest BCUT2D eigenvalue weighted by atomic mass is 9.73. The molecule has 2 N–H and O–H groups in total. The van der Waals surface area contributed by atoms with Gasteiger partial charge in [-0.1, -0.05) is 75.9 Å². The molecule has 2 saturated heterocycles. The molecule has 206 valence electrons. The number of anilines is 1. The van der Waals surface area contributed by atoms with Gasteiger partial charge in [-0.25, -0.2) is 0 Å². The van der Waals surface area contributed by atoms with Gasteiger partial charge in [0.05, 0.1) is 17.9 Å². The fourth-order valence-electron chi connectivity index (χ4n) is 6.80. The average molecular weight is 563 g/mol. The van der Waals surface area contributed by atoms with E-state index in [4.69, 9.17) is 27.9 Å². The SMILES string of the molecule is CC(C)CCN1C(=O)[C@@H]2[C@H](C(=O)Nc3cc(Cl)cc(Cl)c3)[C@@H]3C=C[C@@]2(O3)[C@@H]1C(=O)N[C@@H]1CCC[C@@H](C)[C@@H]1C. The van der Waals surface area contributed by atoms with Crippen LogP contribution in [0.4, 0.5) is 5.69 Å². The Morgan fingerprint density at radius 3 is 2.53 bits per heavy atom. The molecule has 3 fully saturated rings. The lowest BCUT2D eigenvalue weighted by Crippen LogP contribution is -2.58. The van der Waals surface area contributed by atoms with Crippen LogP contribution in [0.25, 0.3) is 0 Å². The van der Waals surface area contributed by atoms with Crippen LogP contribution >= 0.6 is 23.2 Å². The summed E-state index contributed by atoms with van der Waals surface area (Å²) in [4.78, 5) is 43.2. The van der Waals surface area contributed by atoms with Crippen LogP contribution in [-0.4, -0.2) is 53.0 Å². The highest BCUT2D eigenvalue weighted by molar-refractivity contribution is 6.35. The predicted molar refractivity (Wildman–Crippen MR) is 148 cm³/mol. The Balaban J connectivity index is 1.44. The van der Waals surface area contributed by atoms with Crippen LogP contribution in [0.2, 0.25) is 10.0 Å². The number of amides is 3. The number of nitrogens with zero attached hydrogens (tertiary/aromatic N) is 1. The highest BCUT2D eigenvalue weighted by Crippen LogP contribution is 2.55.